The minimum absolute atomic E-state index is 0. The van der Waals surface area contributed by atoms with E-state index in [1.54, 1.807) is 0 Å². The molecular weight excluding hydrogens is 294 g/mol. The molecule has 0 saturated carbocycles. The molecule has 8 nitrogen and oxygen atoms in total. The number of rotatable bonds is 9. The summed E-state index contributed by atoms with van der Waals surface area (Å²) in [5.41, 5.74) is 0. The fourth-order valence-electron chi connectivity index (χ4n) is 0.864. The predicted molar refractivity (Wildman–Crippen MR) is 50.4 cm³/mol. The smallest absolute Gasteiger partial charge is 0.550 e. The van der Waals surface area contributed by atoms with Crippen molar-refractivity contribution < 1.29 is 98.0 Å². The second-order valence-electron chi connectivity index (χ2n) is 3.18. The maximum atomic E-state index is 10.9. The summed E-state index contributed by atoms with van der Waals surface area (Å²) in [5.74, 6) is -4.21. The van der Waals surface area contributed by atoms with Crippen LogP contribution in [0.3, 0.4) is 0 Å². The van der Waals surface area contributed by atoms with Gasteiger partial charge in [0.2, 0.25) is 0 Å². The Bertz CT molecular complexity index is 299. The number of carbonyl (C=O) groups excluding carboxylic acids is 4. The van der Waals surface area contributed by atoms with Gasteiger partial charge in [0, 0.05) is 11.9 Å². The van der Waals surface area contributed by atoms with Gasteiger partial charge in [-0.05, 0) is 12.8 Å². The number of hydrogen-bond donors (Lipinski definition) is 0. The molecule has 0 aliphatic carbocycles. The number of carbonyl (C=O) groups is 4. The summed E-state index contributed by atoms with van der Waals surface area (Å²) in [6.45, 7) is -0.439. The van der Waals surface area contributed by atoms with Gasteiger partial charge in [0.1, 0.15) is 13.2 Å². The van der Waals surface area contributed by atoms with E-state index >= 15 is 0 Å². The zero-order chi connectivity index (χ0) is 14.0. The Kier molecular flexibility index (Phi) is 19.0. The minimum Gasteiger partial charge on any atom is -0.550 e. The van der Waals surface area contributed by atoms with Crippen molar-refractivity contribution >= 4 is 23.9 Å². The van der Waals surface area contributed by atoms with Crippen LogP contribution in [0.25, 0.3) is 0 Å². The van der Waals surface area contributed by atoms with Crippen LogP contribution in [-0.4, -0.2) is 37.1 Å². The quantitative estimate of drug-likeness (QED) is 0.233. The van der Waals surface area contributed by atoms with Crippen LogP contribution in [0.15, 0.2) is 0 Å². The Labute approximate surface area is 159 Å². The Morgan fingerprint density at radius 1 is 0.650 bits per heavy atom. The van der Waals surface area contributed by atoms with Gasteiger partial charge in [-0.15, -0.1) is 0 Å². The molecule has 0 fully saturated rings. The summed E-state index contributed by atoms with van der Waals surface area (Å²) >= 11 is 0. The van der Waals surface area contributed by atoms with Crippen LogP contribution in [0.2, 0.25) is 0 Å². The van der Waals surface area contributed by atoms with E-state index in [1.165, 1.54) is 0 Å². The summed E-state index contributed by atoms with van der Waals surface area (Å²) < 4.78 is 9.06. The van der Waals surface area contributed by atoms with E-state index in [4.69, 9.17) is 0 Å². The summed E-state index contributed by atoms with van der Waals surface area (Å²) in [6.07, 6.45) is -1.52. The fourth-order valence-corrected chi connectivity index (χ4v) is 0.864. The van der Waals surface area contributed by atoms with Crippen molar-refractivity contribution in [3.05, 3.63) is 0 Å². The van der Waals surface area contributed by atoms with E-state index in [0.717, 1.165) is 0 Å². The van der Waals surface area contributed by atoms with Gasteiger partial charge >= 0.3 is 71.1 Å². The first kappa shape index (κ1) is 24.9. The summed E-state index contributed by atoms with van der Waals surface area (Å²) in [5, 5.41) is 20.0. The molecule has 10 heteroatoms. The van der Waals surface area contributed by atoms with Crippen molar-refractivity contribution in [3.63, 3.8) is 0 Å². The molecule has 0 radical (unpaired) electrons. The Hall–Kier alpha value is -0.120. The van der Waals surface area contributed by atoms with E-state index < -0.39 is 36.7 Å². The largest absolute Gasteiger partial charge is 1.00 e. The molecule has 0 N–H and O–H groups in total. The molecule has 0 rings (SSSR count). The molecule has 0 atom stereocenters. The van der Waals surface area contributed by atoms with Crippen LogP contribution < -0.4 is 69.3 Å². The standard InChI is InChI=1S/C10H14O8.2Na/c11-7(12)1-3-9(15)17-5-6-18-10(16)4-2-8(13)14;;/h1-6H2,(H,11,12)(H,13,14);;/q;2*+1/p-2. The monoisotopic (exact) mass is 306 g/mol. The molecule has 0 spiro atoms. The molecule has 0 saturated heterocycles. The van der Waals surface area contributed by atoms with Crippen LogP contribution >= 0.6 is 0 Å². The number of hydrogen-bond acceptors (Lipinski definition) is 8. The maximum Gasteiger partial charge on any atom is 1.00 e. The van der Waals surface area contributed by atoms with Crippen LogP contribution in [0, 0.1) is 0 Å². The predicted octanol–water partition coefficient (Wildman–Crippen LogP) is -8.86. The Morgan fingerprint density at radius 2 is 0.950 bits per heavy atom. The fraction of sp³-hybridized carbons (Fsp3) is 0.600. The SMILES string of the molecule is O=C([O-])CCC(=O)OCCOC(=O)CCC(=O)[O-].[Na+].[Na+]. The molecule has 20 heavy (non-hydrogen) atoms. The van der Waals surface area contributed by atoms with Gasteiger partial charge in [0.05, 0.1) is 12.8 Å². The second-order valence-corrected chi connectivity index (χ2v) is 3.18. The van der Waals surface area contributed by atoms with Gasteiger partial charge in [0.25, 0.3) is 0 Å². The van der Waals surface area contributed by atoms with Crippen LogP contribution in [-0.2, 0) is 28.7 Å². The average Bonchev–Trinajstić information content (AvgIpc) is 2.29. The van der Waals surface area contributed by atoms with Crippen molar-refractivity contribution in [2.75, 3.05) is 13.2 Å². The molecule has 0 heterocycles. The van der Waals surface area contributed by atoms with Gasteiger partial charge in [-0.1, -0.05) is 0 Å². The van der Waals surface area contributed by atoms with Gasteiger partial charge in [-0.25, -0.2) is 0 Å². The number of esters is 2. The van der Waals surface area contributed by atoms with Crippen LogP contribution in [0.1, 0.15) is 25.7 Å². The van der Waals surface area contributed by atoms with E-state index in [0.29, 0.717) is 0 Å². The first-order chi connectivity index (χ1) is 8.41. The van der Waals surface area contributed by atoms with Gasteiger partial charge in [-0.3, -0.25) is 9.59 Å². The zero-order valence-electron chi connectivity index (χ0n) is 11.5. The third kappa shape index (κ3) is 17.9. The molecule has 0 unspecified atom stereocenters. The van der Waals surface area contributed by atoms with E-state index in [1.807, 2.05) is 0 Å². The van der Waals surface area contributed by atoms with Gasteiger partial charge in [0.15, 0.2) is 0 Å². The first-order valence-corrected chi connectivity index (χ1v) is 5.12. The average molecular weight is 306 g/mol. The number of carboxylic acid groups (broad SMARTS) is 2. The molecular formula is C10H12Na2O8. The molecule has 0 aromatic rings. The molecule has 0 bridgehead atoms. The third-order valence-corrected chi connectivity index (χ3v) is 1.68. The molecule has 0 aliphatic rings. The summed E-state index contributed by atoms with van der Waals surface area (Å²) in [6, 6.07) is 0. The molecule has 0 amide bonds. The van der Waals surface area contributed by atoms with E-state index in [9.17, 15) is 29.4 Å². The Balaban J connectivity index is -0.00000144. The van der Waals surface area contributed by atoms with Crippen LogP contribution in [0.5, 0.6) is 0 Å². The van der Waals surface area contributed by atoms with E-state index in [2.05, 4.69) is 9.47 Å². The second kappa shape index (κ2) is 15.3. The maximum absolute atomic E-state index is 10.9. The van der Waals surface area contributed by atoms with Crippen molar-refractivity contribution in [3.8, 4) is 0 Å². The number of aliphatic carboxylic acids is 2. The Morgan fingerprint density at radius 3 is 1.20 bits per heavy atom. The summed E-state index contributed by atoms with van der Waals surface area (Å²) in [4.78, 5) is 41.8. The van der Waals surface area contributed by atoms with Crippen molar-refractivity contribution in [2.45, 2.75) is 25.7 Å². The van der Waals surface area contributed by atoms with Crippen molar-refractivity contribution in [1.82, 2.24) is 0 Å². The zero-order valence-corrected chi connectivity index (χ0v) is 15.5. The van der Waals surface area contributed by atoms with Crippen molar-refractivity contribution in [1.29, 1.82) is 0 Å². The minimum atomic E-state index is -1.36. The molecule has 102 valence electrons. The first-order valence-electron chi connectivity index (χ1n) is 5.12. The number of carboxylic acids is 2. The molecule has 0 aromatic carbocycles. The normalized spacial score (nSPS) is 8.60. The topological polar surface area (TPSA) is 133 Å². The van der Waals surface area contributed by atoms with Crippen LogP contribution in [0.4, 0.5) is 0 Å². The summed E-state index contributed by atoms with van der Waals surface area (Å²) in [7, 11) is 0. The van der Waals surface area contributed by atoms with Gasteiger partial charge < -0.3 is 29.3 Å². The molecule has 0 aliphatic heterocycles. The van der Waals surface area contributed by atoms with Crippen molar-refractivity contribution in [2.24, 2.45) is 0 Å². The molecule has 0 aromatic heterocycles. The third-order valence-electron chi connectivity index (χ3n) is 1.68. The number of ether oxygens (including phenoxy) is 2. The van der Waals surface area contributed by atoms with E-state index in [-0.39, 0.29) is 85.2 Å². The van der Waals surface area contributed by atoms with Gasteiger partial charge in [-0.2, -0.15) is 0 Å².